The Balaban J connectivity index is 1.38. The minimum absolute atomic E-state index is 0.121. The smallest absolute Gasteiger partial charge is 0.321 e. The number of amides is 2. The summed E-state index contributed by atoms with van der Waals surface area (Å²) in [4.78, 5) is 18.9. The number of benzene rings is 2. The Hall–Kier alpha value is -2.57. The molecule has 0 unspecified atom stereocenters. The lowest BCUT2D eigenvalue weighted by Gasteiger charge is -2.30. The van der Waals surface area contributed by atoms with Crippen molar-refractivity contribution in [1.29, 1.82) is 0 Å². The van der Waals surface area contributed by atoms with Gasteiger partial charge < -0.3 is 14.7 Å². The van der Waals surface area contributed by atoms with E-state index in [1.54, 1.807) is 17.0 Å². The third-order valence-corrected chi connectivity index (χ3v) is 5.94. The zero-order chi connectivity index (χ0) is 20.4. The molecule has 0 bridgehead atoms. The van der Waals surface area contributed by atoms with E-state index in [1.165, 1.54) is 0 Å². The Morgan fingerprint density at radius 1 is 1.10 bits per heavy atom. The topological polar surface area (TPSA) is 71.3 Å². The van der Waals surface area contributed by atoms with Gasteiger partial charge in [-0.1, -0.05) is 46.6 Å². The normalized spacial score (nSPS) is 14.8. The van der Waals surface area contributed by atoms with Crippen LogP contribution >= 0.6 is 23.2 Å². The molecule has 2 heterocycles. The Kier molecular flexibility index (Phi) is 5.74. The quantitative estimate of drug-likeness (QED) is 0.572. The van der Waals surface area contributed by atoms with Gasteiger partial charge in [-0.15, -0.1) is 0 Å². The summed E-state index contributed by atoms with van der Waals surface area (Å²) in [5.74, 6) is 1.20. The van der Waals surface area contributed by atoms with E-state index in [2.05, 4.69) is 15.5 Å². The van der Waals surface area contributed by atoms with Crippen LogP contribution in [0.3, 0.4) is 0 Å². The van der Waals surface area contributed by atoms with E-state index in [0.717, 1.165) is 29.7 Å². The number of hydrogen-bond donors (Lipinski definition) is 1. The van der Waals surface area contributed by atoms with E-state index < -0.39 is 0 Å². The van der Waals surface area contributed by atoms with Crippen molar-refractivity contribution in [3.05, 3.63) is 64.0 Å². The van der Waals surface area contributed by atoms with Crippen LogP contribution in [0.2, 0.25) is 10.0 Å². The molecule has 150 valence electrons. The molecule has 1 aromatic heterocycles. The molecule has 6 nitrogen and oxygen atoms in total. The first kappa shape index (κ1) is 19.7. The first-order valence-electron chi connectivity index (χ1n) is 9.42. The molecule has 1 aliphatic heterocycles. The Labute approximate surface area is 178 Å². The molecule has 0 spiro atoms. The summed E-state index contributed by atoms with van der Waals surface area (Å²) in [6.45, 7) is 3.11. The first-order valence-corrected chi connectivity index (χ1v) is 10.2. The maximum Gasteiger partial charge on any atom is 0.321 e. The number of aromatic nitrogens is 2. The summed E-state index contributed by atoms with van der Waals surface area (Å²) >= 11 is 12.3. The average Bonchev–Trinajstić information content (AvgIpc) is 3.22. The van der Waals surface area contributed by atoms with Crippen LogP contribution in [0.1, 0.15) is 30.2 Å². The highest BCUT2D eigenvalue weighted by Gasteiger charge is 2.28. The second kappa shape index (κ2) is 8.43. The molecule has 0 radical (unpaired) electrons. The number of nitrogens with zero attached hydrogens (tertiary/aromatic N) is 3. The lowest BCUT2D eigenvalue weighted by Crippen LogP contribution is -2.40. The summed E-state index contributed by atoms with van der Waals surface area (Å²) in [5.41, 5.74) is 2.33. The third kappa shape index (κ3) is 4.23. The van der Waals surface area contributed by atoms with Crippen LogP contribution in [-0.4, -0.2) is 34.2 Å². The van der Waals surface area contributed by atoms with Gasteiger partial charge in [-0.05, 0) is 49.6 Å². The first-order chi connectivity index (χ1) is 14.0. The second-order valence-corrected chi connectivity index (χ2v) is 7.85. The molecular weight excluding hydrogens is 411 g/mol. The molecule has 1 N–H and O–H groups in total. The molecule has 1 fully saturated rings. The molecule has 3 aromatic rings. The molecule has 1 saturated heterocycles. The molecule has 1 aliphatic rings. The van der Waals surface area contributed by atoms with E-state index in [9.17, 15) is 4.79 Å². The van der Waals surface area contributed by atoms with Crippen LogP contribution in [0.4, 0.5) is 10.5 Å². The van der Waals surface area contributed by atoms with Gasteiger partial charge in [0.2, 0.25) is 11.7 Å². The molecule has 8 heteroatoms. The van der Waals surface area contributed by atoms with Gasteiger partial charge in [0.1, 0.15) is 0 Å². The van der Waals surface area contributed by atoms with Gasteiger partial charge in [0.05, 0.1) is 5.02 Å². The second-order valence-electron chi connectivity index (χ2n) is 7.04. The number of piperidine rings is 1. The van der Waals surface area contributed by atoms with Crippen molar-refractivity contribution in [3.63, 3.8) is 0 Å². The number of carbonyl (C=O) groups is 1. The van der Waals surface area contributed by atoms with Gasteiger partial charge in [0, 0.05) is 35.3 Å². The molecule has 2 amide bonds. The minimum Gasteiger partial charge on any atom is -0.339 e. The Bertz CT molecular complexity index is 1030. The van der Waals surface area contributed by atoms with E-state index in [0.29, 0.717) is 34.8 Å². The van der Waals surface area contributed by atoms with Gasteiger partial charge in [-0.2, -0.15) is 4.98 Å². The fourth-order valence-corrected chi connectivity index (χ4v) is 3.81. The summed E-state index contributed by atoms with van der Waals surface area (Å²) in [6, 6.07) is 12.8. The van der Waals surface area contributed by atoms with Crippen molar-refractivity contribution in [2.45, 2.75) is 25.7 Å². The predicted molar refractivity (Wildman–Crippen MR) is 113 cm³/mol. The van der Waals surface area contributed by atoms with Gasteiger partial charge in [-0.25, -0.2) is 4.79 Å². The van der Waals surface area contributed by atoms with Crippen LogP contribution < -0.4 is 5.32 Å². The van der Waals surface area contributed by atoms with Crippen molar-refractivity contribution in [2.75, 3.05) is 18.4 Å². The molecule has 0 atom stereocenters. The lowest BCUT2D eigenvalue weighted by atomic mass is 9.97. The molecular formula is C21H20Cl2N4O2. The van der Waals surface area contributed by atoms with E-state index in [4.69, 9.17) is 27.7 Å². The molecule has 0 aliphatic carbocycles. The predicted octanol–water partition coefficient (Wildman–Crippen LogP) is 5.76. The Morgan fingerprint density at radius 2 is 1.83 bits per heavy atom. The fraction of sp³-hybridized carbons (Fsp3) is 0.286. The maximum atomic E-state index is 12.6. The number of nitrogens with one attached hydrogen (secondary N) is 1. The van der Waals surface area contributed by atoms with Crippen LogP contribution in [-0.2, 0) is 0 Å². The summed E-state index contributed by atoms with van der Waals surface area (Å²) in [6.07, 6.45) is 1.51. The molecule has 0 saturated carbocycles. The highest BCUT2D eigenvalue weighted by atomic mass is 35.5. The van der Waals surface area contributed by atoms with E-state index in [-0.39, 0.29) is 11.9 Å². The maximum absolute atomic E-state index is 12.6. The van der Waals surface area contributed by atoms with Crippen LogP contribution in [0.5, 0.6) is 0 Å². The van der Waals surface area contributed by atoms with Crippen molar-refractivity contribution >= 4 is 34.9 Å². The average molecular weight is 431 g/mol. The number of anilines is 1. The number of carbonyl (C=O) groups excluding carboxylic acids is 1. The van der Waals surface area contributed by atoms with Gasteiger partial charge in [0.15, 0.2) is 0 Å². The number of likely N-dealkylation sites (tertiary alicyclic amines) is 1. The van der Waals surface area contributed by atoms with Gasteiger partial charge in [0.25, 0.3) is 0 Å². The van der Waals surface area contributed by atoms with Crippen molar-refractivity contribution in [2.24, 2.45) is 0 Å². The van der Waals surface area contributed by atoms with Crippen LogP contribution in [0.25, 0.3) is 11.4 Å². The number of halogens is 2. The zero-order valence-corrected chi connectivity index (χ0v) is 17.4. The van der Waals surface area contributed by atoms with Crippen molar-refractivity contribution < 1.29 is 9.32 Å². The number of hydrogen-bond acceptors (Lipinski definition) is 4. The summed E-state index contributed by atoms with van der Waals surface area (Å²) in [7, 11) is 0. The van der Waals surface area contributed by atoms with Gasteiger partial charge >= 0.3 is 6.03 Å². The minimum atomic E-state index is -0.129. The largest absolute Gasteiger partial charge is 0.339 e. The molecule has 29 heavy (non-hydrogen) atoms. The lowest BCUT2D eigenvalue weighted by molar-refractivity contribution is 0.187. The number of rotatable bonds is 3. The number of urea groups is 1. The third-order valence-electron chi connectivity index (χ3n) is 5.20. The monoisotopic (exact) mass is 430 g/mol. The van der Waals surface area contributed by atoms with E-state index in [1.807, 2.05) is 37.3 Å². The summed E-state index contributed by atoms with van der Waals surface area (Å²) < 4.78 is 5.48. The highest BCUT2D eigenvalue weighted by Crippen LogP contribution is 2.31. The van der Waals surface area contributed by atoms with Gasteiger partial charge in [-0.3, -0.25) is 0 Å². The van der Waals surface area contributed by atoms with Crippen molar-refractivity contribution in [1.82, 2.24) is 15.0 Å². The zero-order valence-electron chi connectivity index (χ0n) is 15.9. The standard InChI is InChI=1S/C21H20Cl2N4O2/c1-13-16(22)7-4-8-18(13)24-21(28)27-11-9-14(10-12-27)20-25-19(26-29-20)15-5-2-3-6-17(15)23/h2-8,14H,9-12H2,1H3,(H,24,28). The van der Waals surface area contributed by atoms with Crippen LogP contribution in [0, 0.1) is 6.92 Å². The van der Waals surface area contributed by atoms with E-state index >= 15 is 0 Å². The fourth-order valence-electron chi connectivity index (χ4n) is 3.42. The Morgan fingerprint density at radius 3 is 2.59 bits per heavy atom. The van der Waals surface area contributed by atoms with Crippen molar-refractivity contribution in [3.8, 4) is 11.4 Å². The van der Waals surface area contributed by atoms with Crippen LogP contribution in [0.15, 0.2) is 47.0 Å². The highest BCUT2D eigenvalue weighted by molar-refractivity contribution is 6.33. The molecule has 2 aromatic carbocycles. The SMILES string of the molecule is Cc1c(Cl)cccc1NC(=O)N1CCC(c2nc(-c3ccccc3Cl)no2)CC1. The molecule has 4 rings (SSSR count). The summed E-state index contributed by atoms with van der Waals surface area (Å²) in [5, 5.41) is 8.24.